The van der Waals surface area contributed by atoms with Gasteiger partial charge < -0.3 is 4.57 Å². The summed E-state index contributed by atoms with van der Waals surface area (Å²) in [6.45, 7) is 3.07. The van der Waals surface area contributed by atoms with E-state index in [0.29, 0.717) is 0 Å². The SMILES string of the molecule is CCn1c(-c2ccc(-c3ccc(Br)cc3)cc2)nc2ccccc21. The van der Waals surface area contributed by atoms with Gasteiger partial charge in [0.1, 0.15) is 5.82 Å². The van der Waals surface area contributed by atoms with Gasteiger partial charge in [0.15, 0.2) is 0 Å². The van der Waals surface area contributed by atoms with Crippen LogP contribution in [0.15, 0.2) is 77.3 Å². The minimum Gasteiger partial charge on any atom is -0.324 e. The summed E-state index contributed by atoms with van der Waals surface area (Å²) in [4.78, 5) is 4.82. The zero-order chi connectivity index (χ0) is 16.5. The highest BCUT2D eigenvalue weighted by Gasteiger charge is 2.11. The van der Waals surface area contributed by atoms with Gasteiger partial charge in [-0.05, 0) is 42.3 Å². The van der Waals surface area contributed by atoms with Crippen molar-refractivity contribution in [1.82, 2.24) is 9.55 Å². The van der Waals surface area contributed by atoms with Crippen molar-refractivity contribution in [3.63, 3.8) is 0 Å². The van der Waals surface area contributed by atoms with Gasteiger partial charge in [0.25, 0.3) is 0 Å². The molecule has 0 bridgehead atoms. The van der Waals surface area contributed by atoms with Crippen molar-refractivity contribution in [2.75, 3.05) is 0 Å². The Morgan fingerprint density at radius 1 is 0.792 bits per heavy atom. The fraction of sp³-hybridized carbons (Fsp3) is 0.0952. The van der Waals surface area contributed by atoms with Gasteiger partial charge in [0, 0.05) is 16.6 Å². The Labute approximate surface area is 149 Å². The van der Waals surface area contributed by atoms with E-state index in [1.165, 1.54) is 16.6 Å². The van der Waals surface area contributed by atoms with Gasteiger partial charge >= 0.3 is 0 Å². The average Bonchev–Trinajstić information content (AvgIpc) is 3.01. The Hall–Kier alpha value is -2.39. The highest BCUT2D eigenvalue weighted by atomic mass is 79.9. The molecular weight excluding hydrogens is 360 g/mol. The van der Waals surface area contributed by atoms with E-state index in [1.807, 2.05) is 6.07 Å². The standard InChI is InChI=1S/C21H17BrN2/c1-2-24-20-6-4-3-5-19(20)23-21(24)17-9-7-15(8-10-17)16-11-13-18(22)14-12-16/h3-14H,2H2,1H3. The third-order valence-electron chi connectivity index (χ3n) is 4.29. The first kappa shape index (κ1) is 15.2. The van der Waals surface area contributed by atoms with Gasteiger partial charge in [-0.2, -0.15) is 0 Å². The predicted molar refractivity (Wildman–Crippen MR) is 104 cm³/mol. The fourth-order valence-electron chi connectivity index (χ4n) is 3.07. The molecular formula is C21H17BrN2. The molecule has 0 aliphatic heterocycles. The van der Waals surface area contributed by atoms with Crippen LogP contribution in [0.2, 0.25) is 0 Å². The molecule has 1 heterocycles. The molecule has 0 aliphatic carbocycles. The Morgan fingerprint density at radius 2 is 1.38 bits per heavy atom. The molecule has 4 rings (SSSR count). The van der Waals surface area contributed by atoms with Crippen LogP contribution >= 0.6 is 15.9 Å². The van der Waals surface area contributed by atoms with Crippen molar-refractivity contribution >= 4 is 27.0 Å². The van der Waals surface area contributed by atoms with E-state index < -0.39 is 0 Å². The summed E-state index contributed by atoms with van der Waals surface area (Å²) < 4.78 is 3.36. The molecule has 0 N–H and O–H groups in total. The smallest absolute Gasteiger partial charge is 0.141 e. The minimum atomic E-state index is 0.907. The first-order chi connectivity index (χ1) is 11.8. The molecule has 0 radical (unpaired) electrons. The lowest BCUT2D eigenvalue weighted by Crippen LogP contribution is -1.97. The predicted octanol–water partition coefficient (Wildman–Crippen LogP) is 6.15. The summed E-state index contributed by atoms with van der Waals surface area (Å²) in [7, 11) is 0. The van der Waals surface area contributed by atoms with Crippen LogP contribution in [0.4, 0.5) is 0 Å². The average molecular weight is 377 g/mol. The van der Waals surface area contributed by atoms with Crippen molar-refractivity contribution < 1.29 is 0 Å². The molecule has 0 amide bonds. The highest BCUT2D eigenvalue weighted by molar-refractivity contribution is 9.10. The van der Waals surface area contributed by atoms with Crippen molar-refractivity contribution in [3.05, 3.63) is 77.3 Å². The molecule has 3 heteroatoms. The number of hydrogen-bond donors (Lipinski definition) is 0. The largest absolute Gasteiger partial charge is 0.324 e. The number of benzene rings is 3. The van der Waals surface area contributed by atoms with E-state index in [9.17, 15) is 0 Å². The van der Waals surface area contributed by atoms with Crippen LogP contribution in [0.3, 0.4) is 0 Å². The number of imidazole rings is 1. The first-order valence-electron chi connectivity index (χ1n) is 8.08. The quantitative estimate of drug-likeness (QED) is 0.419. The van der Waals surface area contributed by atoms with Gasteiger partial charge in [0.2, 0.25) is 0 Å². The molecule has 0 saturated carbocycles. The van der Waals surface area contributed by atoms with Crippen LogP contribution in [0.5, 0.6) is 0 Å². The number of hydrogen-bond acceptors (Lipinski definition) is 1. The van der Waals surface area contributed by atoms with Crippen molar-refractivity contribution in [1.29, 1.82) is 0 Å². The number of fused-ring (bicyclic) bond motifs is 1. The maximum Gasteiger partial charge on any atom is 0.141 e. The maximum absolute atomic E-state index is 4.82. The van der Waals surface area contributed by atoms with Crippen LogP contribution in [0.1, 0.15) is 6.92 Å². The van der Waals surface area contributed by atoms with E-state index in [4.69, 9.17) is 4.98 Å². The van der Waals surface area contributed by atoms with Crippen LogP contribution in [0, 0.1) is 0 Å². The zero-order valence-electron chi connectivity index (χ0n) is 13.4. The number of aryl methyl sites for hydroxylation is 1. The maximum atomic E-state index is 4.82. The van der Waals surface area contributed by atoms with E-state index in [1.54, 1.807) is 0 Å². The van der Waals surface area contributed by atoms with E-state index in [-0.39, 0.29) is 0 Å². The van der Waals surface area contributed by atoms with Crippen molar-refractivity contribution in [3.8, 4) is 22.5 Å². The van der Waals surface area contributed by atoms with Crippen LogP contribution in [0.25, 0.3) is 33.5 Å². The van der Waals surface area contributed by atoms with Crippen LogP contribution < -0.4 is 0 Å². The molecule has 24 heavy (non-hydrogen) atoms. The summed E-state index contributed by atoms with van der Waals surface area (Å²) >= 11 is 3.48. The van der Waals surface area contributed by atoms with Crippen molar-refractivity contribution in [2.24, 2.45) is 0 Å². The molecule has 0 fully saturated rings. The molecule has 0 atom stereocenters. The molecule has 0 spiro atoms. The minimum absolute atomic E-state index is 0.907. The van der Waals surface area contributed by atoms with Gasteiger partial charge in [0.05, 0.1) is 11.0 Å². The molecule has 118 valence electrons. The van der Waals surface area contributed by atoms with E-state index in [0.717, 1.165) is 27.9 Å². The summed E-state index contributed by atoms with van der Waals surface area (Å²) in [5.74, 6) is 1.03. The number of rotatable bonds is 3. The fourth-order valence-corrected chi connectivity index (χ4v) is 3.33. The topological polar surface area (TPSA) is 17.8 Å². The van der Waals surface area contributed by atoms with E-state index >= 15 is 0 Å². The van der Waals surface area contributed by atoms with Gasteiger partial charge in [-0.3, -0.25) is 0 Å². The second-order valence-electron chi connectivity index (χ2n) is 5.75. The lowest BCUT2D eigenvalue weighted by atomic mass is 10.0. The molecule has 0 saturated heterocycles. The van der Waals surface area contributed by atoms with Gasteiger partial charge in [-0.25, -0.2) is 4.98 Å². The third-order valence-corrected chi connectivity index (χ3v) is 4.82. The van der Waals surface area contributed by atoms with Gasteiger partial charge in [-0.1, -0.05) is 64.5 Å². The molecule has 0 aliphatic rings. The normalized spacial score (nSPS) is 11.1. The van der Waals surface area contributed by atoms with Crippen molar-refractivity contribution in [2.45, 2.75) is 13.5 Å². The summed E-state index contributed by atoms with van der Waals surface area (Å²) in [6, 6.07) is 25.3. The van der Waals surface area contributed by atoms with Crippen LogP contribution in [-0.4, -0.2) is 9.55 Å². The molecule has 4 aromatic rings. The van der Waals surface area contributed by atoms with Crippen LogP contribution in [-0.2, 0) is 6.54 Å². The zero-order valence-corrected chi connectivity index (χ0v) is 15.0. The molecule has 0 unspecified atom stereocenters. The summed E-state index contributed by atoms with van der Waals surface area (Å²) in [5, 5.41) is 0. The molecule has 3 aromatic carbocycles. The van der Waals surface area contributed by atoms with E-state index in [2.05, 4.69) is 94.2 Å². The van der Waals surface area contributed by atoms with Gasteiger partial charge in [-0.15, -0.1) is 0 Å². The number of halogens is 1. The monoisotopic (exact) mass is 376 g/mol. The Balaban J connectivity index is 1.76. The molecule has 2 nitrogen and oxygen atoms in total. The Kier molecular flexibility index (Phi) is 3.95. The first-order valence-corrected chi connectivity index (χ1v) is 8.87. The highest BCUT2D eigenvalue weighted by Crippen LogP contribution is 2.28. The Bertz CT molecular complexity index is 983. The second kappa shape index (κ2) is 6.25. The summed E-state index contributed by atoms with van der Waals surface area (Å²) in [5.41, 5.74) is 5.81. The number of para-hydroxylation sites is 2. The Morgan fingerprint density at radius 3 is 2.04 bits per heavy atom. The third kappa shape index (κ3) is 2.65. The lowest BCUT2D eigenvalue weighted by molar-refractivity contribution is 0.796. The number of nitrogens with zero attached hydrogens (tertiary/aromatic N) is 2. The summed E-state index contributed by atoms with van der Waals surface area (Å²) in [6.07, 6.45) is 0. The second-order valence-corrected chi connectivity index (χ2v) is 6.67. The molecule has 1 aromatic heterocycles. The lowest BCUT2D eigenvalue weighted by Gasteiger charge is -2.07. The number of aromatic nitrogens is 2.